The Morgan fingerprint density at radius 3 is 2.35 bits per heavy atom. The first kappa shape index (κ1) is 25.8. The second-order valence-electron chi connectivity index (χ2n) is 9.44. The van der Waals surface area contributed by atoms with E-state index in [1.807, 2.05) is 0 Å². The van der Waals surface area contributed by atoms with Crippen molar-refractivity contribution >= 4 is 12.1 Å². The summed E-state index contributed by atoms with van der Waals surface area (Å²) in [6.45, 7) is 5.65. The monoisotopic (exact) mass is 493 g/mol. The number of nitrogens with one attached hydrogen (secondary N) is 1. The van der Waals surface area contributed by atoms with Crippen LogP contribution < -0.4 is 10.1 Å². The van der Waals surface area contributed by atoms with Crippen molar-refractivity contribution in [3.63, 3.8) is 0 Å². The molecule has 1 saturated carbocycles. The fourth-order valence-electron chi connectivity index (χ4n) is 3.83. The van der Waals surface area contributed by atoms with Crippen LogP contribution in [0.2, 0.25) is 0 Å². The number of ether oxygens (including phenoxy) is 2. The number of benzene rings is 1. The van der Waals surface area contributed by atoms with Gasteiger partial charge >= 0.3 is 18.5 Å². The van der Waals surface area contributed by atoms with Gasteiger partial charge in [0, 0.05) is 37.3 Å². The van der Waals surface area contributed by atoms with Crippen LogP contribution in [0.1, 0.15) is 52.0 Å². The van der Waals surface area contributed by atoms with E-state index in [-0.39, 0.29) is 24.2 Å². The first-order valence-electron chi connectivity index (χ1n) is 11.0. The van der Waals surface area contributed by atoms with Crippen molar-refractivity contribution in [1.82, 2.24) is 15.1 Å². The fraction of sp³-hybridized carbons (Fsp3) is 0.636. The predicted octanol–water partition coefficient (Wildman–Crippen LogP) is 4.94. The molecule has 34 heavy (non-hydrogen) atoms. The van der Waals surface area contributed by atoms with Gasteiger partial charge in [-0.1, -0.05) is 0 Å². The molecular formula is C22H28F5N3O4. The number of halogens is 5. The summed E-state index contributed by atoms with van der Waals surface area (Å²) in [5, 5.41) is 2.52. The van der Waals surface area contributed by atoms with Gasteiger partial charge < -0.3 is 24.6 Å². The zero-order valence-electron chi connectivity index (χ0n) is 19.2. The zero-order chi connectivity index (χ0) is 25.3. The first-order valence-corrected chi connectivity index (χ1v) is 11.0. The van der Waals surface area contributed by atoms with Crippen molar-refractivity contribution in [2.75, 3.05) is 13.1 Å². The van der Waals surface area contributed by atoms with Crippen LogP contribution in [0.3, 0.4) is 0 Å². The van der Waals surface area contributed by atoms with Crippen molar-refractivity contribution in [2.24, 2.45) is 0 Å². The Labute approximate surface area is 194 Å². The van der Waals surface area contributed by atoms with Crippen molar-refractivity contribution in [2.45, 2.75) is 77.0 Å². The zero-order valence-corrected chi connectivity index (χ0v) is 19.2. The van der Waals surface area contributed by atoms with Gasteiger partial charge in [0.05, 0.1) is 6.04 Å². The standard InChI is InChI=1S/C22H28F5N3O4/c1-21(2,3)34-20(32)29-8-4-5-15(12-29)30(14-6-7-14)19(31)28-11-13-9-17(24)18(10-16(13)23)33-22(25,26)27/h9-10,14-15H,4-8,11-12H2,1-3H3,(H,28,31)/t15-/m1/s1. The van der Waals surface area contributed by atoms with Gasteiger partial charge in [0.15, 0.2) is 11.6 Å². The third-order valence-electron chi connectivity index (χ3n) is 5.37. The van der Waals surface area contributed by atoms with Crippen molar-refractivity contribution in [3.8, 4) is 5.75 Å². The highest BCUT2D eigenvalue weighted by Crippen LogP contribution is 2.32. The van der Waals surface area contributed by atoms with Crippen molar-refractivity contribution < 1.29 is 41.0 Å². The predicted molar refractivity (Wildman–Crippen MR) is 111 cm³/mol. The molecule has 1 atom stereocenters. The lowest BCUT2D eigenvalue weighted by atomic mass is 10.0. The number of urea groups is 1. The summed E-state index contributed by atoms with van der Waals surface area (Å²) in [6.07, 6.45) is -2.74. The maximum atomic E-state index is 14.2. The molecule has 1 aliphatic carbocycles. The molecule has 0 radical (unpaired) electrons. The highest BCUT2D eigenvalue weighted by molar-refractivity contribution is 5.75. The van der Waals surface area contributed by atoms with Crippen LogP contribution in [0.5, 0.6) is 5.75 Å². The van der Waals surface area contributed by atoms with Crippen molar-refractivity contribution in [1.29, 1.82) is 0 Å². The van der Waals surface area contributed by atoms with Gasteiger partial charge in [-0.05, 0) is 52.5 Å². The van der Waals surface area contributed by atoms with Crippen LogP contribution in [-0.2, 0) is 11.3 Å². The van der Waals surface area contributed by atoms with E-state index >= 15 is 0 Å². The second-order valence-corrected chi connectivity index (χ2v) is 9.44. The van der Waals surface area contributed by atoms with E-state index in [1.54, 1.807) is 30.6 Å². The largest absolute Gasteiger partial charge is 0.573 e. The average Bonchev–Trinajstić information content (AvgIpc) is 3.52. The number of alkyl halides is 3. The molecular weight excluding hydrogens is 465 g/mol. The Morgan fingerprint density at radius 2 is 1.76 bits per heavy atom. The van der Waals surface area contributed by atoms with Gasteiger partial charge in [-0.15, -0.1) is 13.2 Å². The minimum Gasteiger partial charge on any atom is -0.444 e. The topological polar surface area (TPSA) is 71.1 Å². The molecule has 0 aromatic heterocycles. The quantitative estimate of drug-likeness (QED) is 0.590. The molecule has 3 amide bonds. The highest BCUT2D eigenvalue weighted by Gasteiger charge is 2.40. The molecule has 1 aromatic carbocycles. The van der Waals surface area contributed by atoms with Crippen molar-refractivity contribution in [3.05, 3.63) is 29.3 Å². The molecule has 0 unspecified atom stereocenters. The van der Waals surface area contributed by atoms with Crippen LogP contribution >= 0.6 is 0 Å². The molecule has 7 nitrogen and oxygen atoms in total. The summed E-state index contributed by atoms with van der Waals surface area (Å²) in [5.74, 6) is -3.83. The summed E-state index contributed by atoms with van der Waals surface area (Å²) in [5.41, 5.74) is -0.979. The summed E-state index contributed by atoms with van der Waals surface area (Å²) >= 11 is 0. The highest BCUT2D eigenvalue weighted by atomic mass is 19.4. The Morgan fingerprint density at radius 1 is 1.09 bits per heavy atom. The van der Waals surface area contributed by atoms with Crippen LogP contribution in [-0.4, -0.2) is 59.1 Å². The number of carbonyl (C=O) groups is 2. The second kappa shape index (κ2) is 9.83. The third-order valence-corrected chi connectivity index (χ3v) is 5.37. The minimum absolute atomic E-state index is 0.0345. The maximum absolute atomic E-state index is 14.2. The van der Waals surface area contributed by atoms with Gasteiger partial charge in [0.2, 0.25) is 0 Å². The summed E-state index contributed by atoms with van der Waals surface area (Å²) in [4.78, 5) is 28.6. The molecule has 190 valence electrons. The normalized spacial score (nSPS) is 18.9. The summed E-state index contributed by atoms with van der Waals surface area (Å²) in [7, 11) is 0. The van der Waals surface area contributed by atoms with Gasteiger partial charge in [0.25, 0.3) is 0 Å². The Balaban J connectivity index is 1.65. The first-order chi connectivity index (χ1) is 15.7. The van der Waals surface area contributed by atoms with E-state index in [0.29, 0.717) is 31.5 Å². The van der Waals surface area contributed by atoms with E-state index in [0.717, 1.165) is 12.8 Å². The molecule has 2 fully saturated rings. The van der Waals surface area contributed by atoms with Crippen LogP contribution in [0.15, 0.2) is 12.1 Å². The molecule has 1 aromatic rings. The lowest BCUT2D eigenvalue weighted by Gasteiger charge is -2.39. The Bertz CT molecular complexity index is 915. The minimum atomic E-state index is -5.17. The molecule has 1 aliphatic heterocycles. The average molecular weight is 493 g/mol. The number of carbonyl (C=O) groups excluding carboxylic acids is 2. The van der Waals surface area contributed by atoms with Gasteiger partial charge in [-0.2, -0.15) is 0 Å². The summed E-state index contributed by atoms with van der Waals surface area (Å²) in [6, 6.07) is 0.0193. The molecule has 12 heteroatoms. The Hall–Kier alpha value is -2.79. The van der Waals surface area contributed by atoms with E-state index in [9.17, 15) is 31.5 Å². The number of likely N-dealkylation sites (tertiary alicyclic amines) is 1. The molecule has 1 heterocycles. The molecule has 0 spiro atoms. The number of rotatable bonds is 5. The Kier molecular flexibility index (Phi) is 7.47. The summed E-state index contributed by atoms with van der Waals surface area (Å²) < 4.78 is 74.0. The van der Waals surface area contributed by atoms with Crippen LogP contribution in [0, 0.1) is 11.6 Å². The number of hydrogen-bond donors (Lipinski definition) is 1. The van der Waals surface area contributed by atoms with Gasteiger partial charge in [0.1, 0.15) is 11.4 Å². The lowest BCUT2D eigenvalue weighted by molar-refractivity contribution is -0.275. The van der Waals surface area contributed by atoms with E-state index in [1.165, 1.54) is 0 Å². The smallest absolute Gasteiger partial charge is 0.444 e. The number of piperidine rings is 1. The van der Waals surface area contributed by atoms with E-state index < -0.39 is 48.0 Å². The van der Waals surface area contributed by atoms with E-state index in [4.69, 9.17) is 4.74 Å². The molecule has 1 saturated heterocycles. The van der Waals surface area contributed by atoms with E-state index in [2.05, 4.69) is 10.1 Å². The number of amides is 3. The molecule has 1 N–H and O–H groups in total. The lowest BCUT2D eigenvalue weighted by Crippen LogP contribution is -2.55. The third kappa shape index (κ3) is 7.10. The fourth-order valence-corrected chi connectivity index (χ4v) is 3.83. The van der Waals surface area contributed by atoms with Crippen LogP contribution in [0.4, 0.5) is 31.5 Å². The maximum Gasteiger partial charge on any atom is 0.573 e. The molecule has 0 bridgehead atoms. The SMILES string of the molecule is CC(C)(C)OC(=O)N1CCC[C@@H](N(C(=O)NCc2cc(F)c(OC(F)(F)F)cc2F)C2CC2)C1. The van der Waals surface area contributed by atoms with Gasteiger partial charge in [-0.25, -0.2) is 18.4 Å². The van der Waals surface area contributed by atoms with Gasteiger partial charge in [-0.3, -0.25) is 0 Å². The van der Waals surface area contributed by atoms with Crippen LogP contribution in [0.25, 0.3) is 0 Å². The number of nitrogens with zero attached hydrogens (tertiary/aromatic N) is 2. The molecule has 3 rings (SSSR count). The molecule has 2 aliphatic rings. The number of hydrogen-bond acceptors (Lipinski definition) is 4.